The van der Waals surface area contributed by atoms with Crippen molar-refractivity contribution in [3.8, 4) is 11.5 Å². The first kappa shape index (κ1) is 17.2. The molecule has 0 bridgehead atoms. The van der Waals surface area contributed by atoms with Gasteiger partial charge in [-0.2, -0.15) is 0 Å². The van der Waals surface area contributed by atoms with E-state index >= 15 is 0 Å². The van der Waals surface area contributed by atoms with Gasteiger partial charge in [0.1, 0.15) is 11.6 Å². The first-order valence-electron chi connectivity index (χ1n) is 8.20. The van der Waals surface area contributed by atoms with E-state index in [2.05, 4.69) is 4.98 Å². The predicted octanol–water partition coefficient (Wildman–Crippen LogP) is 3.65. The molecule has 0 saturated heterocycles. The van der Waals surface area contributed by atoms with Crippen molar-refractivity contribution in [1.82, 2.24) is 9.55 Å². The number of methoxy groups -OCH3 is 2. The van der Waals surface area contributed by atoms with Crippen LogP contribution in [0.25, 0.3) is 11.0 Å². The van der Waals surface area contributed by atoms with E-state index in [1.165, 1.54) is 6.07 Å². The number of hydrogen-bond acceptors (Lipinski definition) is 4. The molecule has 0 fully saturated rings. The topological polar surface area (TPSA) is 62.3 Å². The highest BCUT2D eigenvalue weighted by Crippen LogP contribution is 2.34. The van der Waals surface area contributed by atoms with E-state index in [0.717, 1.165) is 23.3 Å². The second-order valence-corrected chi connectivity index (χ2v) is 5.86. The van der Waals surface area contributed by atoms with Crippen molar-refractivity contribution in [2.75, 3.05) is 14.2 Å². The lowest BCUT2D eigenvalue weighted by molar-refractivity contribution is 0.355. The molecule has 0 amide bonds. The number of aromatic nitrogens is 2. The van der Waals surface area contributed by atoms with E-state index in [-0.39, 0.29) is 11.9 Å². The largest absolute Gasteiger partial charge is 0.493 e. The van der Waals surface area contributed by atoms with Crippen molar-refractivity contribution < 1.29 is 13.9 Å². The fourth-order valence-electron chi connectivity index (χ4n) is 2.90. The third-order valence-electron chi connectivity index (χ3n) is 4.34. The molecule has 3 rings (SSSR count). The molecule has 5 nitrogen and oxygen atoms in total. The molecule has 0 aliphatic heterocycles. The highest BCUT2D eigenvalue weighted by atomic mass is 19.1. The minimum atomic E-state index is -0.249. The lowest BCUT2D eigenvalue weighted by Crippen LogP contribution is -2.16. The van der Waals surface area contributed by atoms with Crippen LogP contribution in [0.1, 0.15) is 30.8 Å². The molecule has 0 saturated carbocycles. The molecular formula is C19H22FN3O2. The maximum atomic E-state index is 14.2. The van der Waals surface area contributed by atoms with Gasteiger partial charge in [-0.1, -0.05) is 25.1 Å². The zero-order valence-corrected chi connectivity index (χ0v) is 14.6. The van der Waals surface area contributed by atoms with Crippen LogP contribution in [-0.4, -0.2) is 23.8 Å². The molecule has 0 radical (unpaired) electrons. The van der Waals surface area contributed by atoms with Crippen LogP contribution in [0.4, 0.5) is 4.39 Å². The monoisotopic (exact) mass is 343 g/mol. The minimum Gasteiger partial charge on any atom is -0.493 e. The van der Waals surface area contributed by atoms with Crippen LogP contribution in [0.3, 0.4) is 0 Å². The second kappa shape index (κ2) is 7.11. The Labute approximate surface area is 146 Å². The van der Waals surface area contributed by atoms with Crippen molar-refractivity contribution in [1.29, 1.82) is 0 Å². The van der Waals surface area contributed by atoms with Gasteiger partial charge in [-0.3, -0.25) is 0 Å². The standard InChI is InChI=1S/C19H22FN3O2/c1-4-14(21)19-22-15-9-17(24-2)18(25-3)10-16(15)23(19)11-12-7-5-6-8-13(12)20/h5-10,14H,4,11,21H2,1-3H3. The van der Waals surface area contributed by atoms with Crippen LogP contribution >= 0.6 is 0 Å². The van der Waals surface area contributed by atoms with Crippen molar-refractivity contribution in [3.63, 3.8) is 0 Å². The summed E-state index contributed by atoms with van der Waals surface area (Å²) in [5.74, 6) is 1.67. The Morgan fingerprint density at radius 1 is 1.16 bits per heavy atom. The Bertz CT molecular complexity index is 892. The highest BCUT2D eigenvalue weighted by molar-refractivity contribution is 5.81. The summed E-state index contributed by atoms with van der Waals surface area (Å²) in [6.45, 7) is 2.35. The fourth-order valence-corrected chi connectivity index (χ4v) is 2.90. The summed E-state index contributed by atoms with van der Waals surface area (Å²) >= 11 is 0. The molecule has 0 aliphatic rings. The third kappa shape index (κ3) is 3.17. The van der Waals surface area contributed by atoms with E-state index in [1.807, 2.05) is 29.7 Å². The number of benzene rings is 2. The molecule has 3 aromatic rings. The number of nitrogens with zero attached hydrogens (tertiary/aromatic N) is 2. The minimum absolute atomic E-state index is 0.240. The summed E-state index contributed by atoms with van der Waals surface area (Å²) in [7, 11) is 3.17. The smallest absolute Gasteiger partial charge is 0.163 e. The number of fused-ring (bicyclic) bond motifs is 1. The van der Waals surface area contributed by atoms with Crippen LogP contribution in [0.5, 0.6) is 11.5 Å². The molecule has 1 unspecified atom stereocenters. The summed E-state index contributed by atoms with van der Waals surface area (Å²) in [6.07, 6.45) is 0.731. The van der Waals surface area contributed by atoms with E-state index < -0.39 is 0 Å². The van der Waals surface area contributed by atoms with E-state index in [4.69, 9.17) is 15.2 Å². The number of nitrogens with two attached hydrogens (primary N) is 1. The van der Waals surface area contributed by atoms with Gasteiger partial charge in [0.2, 0.25) is 0 Å². The molecule has 25 heavy (non-hydrogen) atoms. The molecule has 2 N–H and O–H groups in total. The fraction of sp³-hybridized carbons (Fsp3) is 0.316. The van der Waals surface area contributed by atoms with Crippen LogP contribution in [-0.2, 0) is 6.54 Å². The molecule has 0 aliphatic carbocycles. The Morgan fingerprint density at radius 3 is 2.48 bits per heavy atom. The number of hydrogen-bond donors (Lipinski definition) is 1. The van der Waals surface area contributed by atoms with Gasteiger partial charge in [0.05, 0.1) is 37.8 Å². The third-order valence-corrected chi connectivity index (χ3v) is 4.34. The average molecular weight is 343 g/mol. The highest BCUT2D eigenvalue weighted by Gasteiger charge is 2.19. The van der Waals surface area contributed by atoms with Crippen molar-refractivity contribution >= 4 is 11.0 Å². The van der Waals surface area contributed by atoms with E-state index in [1.54, 1.807) is 26.4 Å². The summed E-state index contributed by atoms with van der Waals surface area (Å²) in [6, 6.07) is 10.2. The quantitative estimate of drug-likeness (QED) is 0.742. The van der Waals surface area contributed by atoms with Gasteiger partial charge in [0.25, 0.3) is 0 Å². The van der Waals surface area contributed by atoms with E-state index in [9.17, 15) is 4.39 Å². The average Bonchev–Trinajstić information content (AvgIpc) is 2.99. The van der Waals surface area contributed by atoms with E-state index in [0.29, 0.717) is 23.6 Å². The van der Waals surface area contributed by atoms with Gasteiger partial charge in [-0.05, 0) is 12.5 Å². The van der Waals surface area contributed by atoms with Gasteiger partial charge in [-0.15, -0.1) is 0 Å². The Kier molecular flexibility index (Phi) is 4.90. The maximum absolute atomic E-state index is 14.2. The first-order valence-corrected chi connectivity index (χ1v) is 8.20. The van der Waals surface area contributed by atoms with Gasteiger partial charge >= 0.3 is 0 Å². The number of rotatable bonds is 6. The molecule has 132 valence electrons. The van der Waals surface area contributed by atoms with Crippen molar-refractivity contribution in [3.05, 3.63) is 53.6 Å². The first-order chi connectivity index (χ1) is 12.1. The summed E-state index contributed by atoms with van der Waals surface area (Å²) in [5, 5.41) is 0. The zero-order valence-electron chi connectivity index (χ0n) is 14.6. The Hall–Kier alpha value is -2.60. The zero-order chi connectivity index (χ0) is 18.0. The number of imidazole rings is 1. The second-order valence-electron chi connectivity index (χ2n) is 5.86. The summed E-state index contributed by atoms with van der Waals surface area (Å²) < 4.78 is 26.8. The lowest BCUT2D eigenvalue weighted by atomic mass is 10.2. The summed E-state index contributed by atoms with van der Waals surface area (Å²) in [5.41, 5.74) is 8.41. The van der Waals surface area contributed by atoms with Crippen molar-refractivity contribution in [2.24, 2.45) is 5.73 Å². The van der Waals surface area contributed by atoms with Gasteiger partial charge < -0.3 is 19.8 Å². The SMILES string of the molecule is CCC(N)c1nc2cc(OC)c(OC)cc2n1Cc1ccccc1F. The Balaban J connectivity index is 2.20. The molecule has 2 aromatic carbocycles. The molecule has 0 spiro atoms. The number of ether oxygens (including phenoxy) is 2. The van der Waals surface area contributed by atoms with Crippen molar-refractivity contribution in [2.45, 2.75) is 25.9 Å². The molecule has 1 aromatic heterocycles. The summed E-state index contributed by atoms with van der Waals surface area (Å²) in [4.78, 5) is 4.67. The van der Waals surface area contributed by atoms with Gasteiger partial charge in [0, 0.05) is 17.7 Å². The molecule has 1 heterocycles. The molecule has 6 heteroatoms. The normalized spacial score (nSPS) is 12.4. The predicted molar refractivity (Wildman–Crippen MR) is 95.6 cm³/mol. The molecule has 1 atom stereocenters. The van der Waals surface area contributed by atoms with Crippen LogP contribution in [0.15, 0.2) is 36.4 Å². The number of halogens is 1. The molecular weight excluding hydrogens is 321 g/mol. The van der Waals surface area contributed by atoms with Crippen LogP contribution in [0.2, 0.25) is 0 Å². The van der Waals surface area contributed by atoms with Gasteiger partial charge in [0.15, 0.2) is 11.5 Å². The van der Waals surface area contributed by atoms with Gasteiger partial charge in [-0.25, -0.2) is 9.37 Å². The Morgan fingerprint density at radius 2 is 1.84 bits per heavy atom. The maximum Gasteiger partial charge on any atom is 0.163 e. The van der Waals surface area contributed by atoms with Crippen LogP contribution in [0, 0.1) is 5.82 Å². The lowest BCUT2D eigenvalue weighted by Gasteiger charge is -2.14. The van der Waals surface area contributed by atoms with Crippen LogP contribution < -0.4 is 15.2 Å².